The lowest BCUT2D eigenvalue weighted by Crippen LogP contribution is -2.50. The molecule has 5 nitrogen and oxygen atoms in total. The average molecular weight is 297 g/mol. The van der Waals surface area contributed by atoms with Crippen molar-refractivity contribution in [2.24, 2.45) is 0 Å². The maximum absolute atomic E-state index is 12.8. The van der Waals surface area contributed by atoms with E-state index >= 15 is 0 Å². The number of benzene rings is 1. The van der Waals surface area contributed by atoms with Crippen LogP contribution in [0.15, 0.2) is 24.3 Å². The molecule has 116 valence electrons. The van der Waals surface area contributed by atoms with E-state index < -0.39 is 29.3 Å². The van der Waals surface area contributed by atoms with Gasteiger partial charge in [-0.3, -0.25) is 9.59 Å². The minimum atomic E-state index is -1.19. The van der Waals surface area contributed by atoms with Crippen molar-refractivity contribution in [2.45, 2.75) is 45.3 Å². The summed E-state index contributed by atoms with van der Waals surface area (Å²) >= 11 is 0. The summed E-state index contributed by atoms with van der Waals surface area (Å²) in [7, 11) is 0. The number of amides is 1. The van der Waals surface area contributed by atoms with Crippen LogP contribution in [-0.2, 0) is 9.59 Å². The van der Waals surface area contributed by atoms with E-state index in [0.29, 0.717) is 12.2 Å². The van der Waals surface area contributed by atoms with Crippen LogP contribution < -0.4 is 10.1 Å². The number of rotatable bonds is 7. The van der Waals surface area contributed by atoms with Gasteiger partial charge in [-0.1, -0.05) is 6.92 Å². The first-order valence-electron chi connectivity index (χ1n) is 6.72. The summed E-state index contributed by atoms with van der Waals surface area (Å²) in [6, 6.07) is 4.88. The monoisotopic (exact) mass is 297 g/mol. The van der Waals surface area contributed by atoms with Gasteiger partial charge < -0.3 is 15.2 Å². The van der Waals surface area contributed by atoms with Crippen LogP contribution in [0.4, 0.5) is 4.39 Å². The molecule has 1 atom stereocenters. The molecular weight excluding hydrogens is 277 g/mol. The van der Waals surface area contributed by atoms with Crippen LogP contribution in [0.2, 0.25) is 0 Å². The van der Waals surface area contributed by atoms with Crippen LogP contribution in [0.5, 0.6) is 5.75 Å². The summed E-state index contributed by atoms with van der Waals surface area (Å²) in [5.74, 6) is -1.42. The van der Waals surface area contributed by atoms with Crippen LogP contribution in [0.1, 0.15) is 33.6 Å². The second kappa shape index (κ2) is 7.06. The van der Waals surface area contributed by atoms with Crippen molar-refractivity contribution in [2.75, 3.05) is 0 Å². The zero-order valence-corrected chi connectivity index (χ0v) is 12.4. The normalized spacial score (nSPS) is 12.6. The molecule has 0 aliphatic carbocycles. The molecule has 0 fully saturated rings. The Morgan fingerprint density at radius 1 is 1.33 bits per heavy atom. The molecule has 0 radical (unpaired) electrons. The number of carbonyl (C=O) groups is 2. The van der Waals surface area contributed by atoms with Crippen LogP contribution in [-0.4, -0.2) is 28.6 Å². The predicted octanol–water partition coefficient (Wildman–Crippen LogP) is 2.35. The highest BCUT2D eigenvalue weighted by Gasteiger charge is 2.31. The third kappa shape index (κ3) is 5.41. The Balaban J connectivity index is 2.69. The number of aliphatic carboxylic acids is 1. The first-order valence-corrected chi connectivity index (χ1v) is 6.72. The Kier molecular flexibility index (Phi) is 5.69. The topological polar surface area (TPSA) is 75.6 Å². The second-order valence-corrected chi connectivity index (χ2v) is 5.24. The Hall–Kier alpha value is -2.11. The second-order valence-electron chi connectivity index (χ2n) is 5.24. The molecule has 2 N–H and O–H groups in total. The number of hydrogen-bond acceptors (Lipinski definition) is 3. The highest BCUT2D eigenvalue weighted by molar-refractivity contribution is 5.85. The van der Waals surface area contributed by atoms with E-state index in [9.17, 15) is 14.0 Å². The van der Waals surface area contributed by atoms with E-state index in [4.69, 9.17) is 9.84 Å². The molecule has 21 heavy (non-hydrogen) atoms. The Bertz CT molecular complexity index is 499. The summed E-state index contributed by atoms with van der Waals surface area (Å²) in [5, 5.41) is 11.4. The lowest BCUT2D eigenvalue weighted by molar-refractivity contribution is -0.139. The van der Waals surface area contributed by atoms with Crippen molar-refractivity contribution in [3.8, 4) is 5.75 Å². The van der Waals surface area contributed by atoms with Gasteiger partial charge in [0.2, 0.25) is 0 Å². The molecule has 0 bridgehead atoms. The molecule has 0 spiro atoms. The number of nitrogens with one attached hydrogen (secondary N) is 1. The van der Waals surface area contributed by atoms with Crippen molar-refractivity contribution in [3.05, 3.63) is 30.1 Å². The maximum atomic E-state index is 12.8. The van der Waals surface area contributed by atoms with Gasteiger partial charge in [0.1, 0.15) is 11.6 Å². The molecule has 1 amide bonds. The zero-order valence-electron chi connectivity index (χ0n) is 12.4. The summed E-state index contributed by atoms with van der Waals surface area (Å²) in [4.78, 5) is 22.9. The number of hydrogen-bond donors (Lipinski definition) is 2. The van der Waals surface area contributed by atoms with Gasteiger partial charge in [0.05, 0.1) is 6.42 Å². The summed E-state index contributed by atoms with van der Waals surface area (Å²) < 4.78 is 18.4. The molecule has 0 heterocycles. The number of carboxylic acids is 1. The lowest BCUT2D eigenvalue weighted by Gasteiger charge is -2.27. The smallest absolute Gasteiger partial charge is 0.305 e. The third-order valence-corrected chi connectivity index (χ3v) is 2.98. The average Bonchev–Trinajstić information content (AvgIpc) is 2.39. The van der Waals surface area contributed by atoms with Gasteiger partial charge in [0, 0.05) is 6.04 Å². The number of carboxylic acid groups (broad SMARTS) is 1. The van der Waals surface area contributed by atoms with E-state index in [-0.39, 0.29) is 6.42 Å². The lowest BCUT2D eigenvalue weighted by atomic mass is 10.1. The van der Waals surface area contributed by atoms with Crippen LogP contribution in [0.3, 0.4) is 0 Å². The third-order valence-electron chi connectivity index (χ3n) is 2.98. The van der Waals surface area contributed by atoms with E-state index in [1.165, 1.54) is 24.3 Å². The highest BCUT2D eigenvalue weighted by Crippen LogP contribution is 2.19. The molecule has 1 rings (SSSR count). The minimum absolute atomic E-state index is 0.144. The maximum Gasteiger partial charge on any atom is 0.305 e. The summed E-state index contributed by atoms with van der Waals surface area (Å²) in [5.41, 5.74) is -1.19. The first-order chi connectivity index (χ1) is 9.74. The molecule has 1 aromatic rings. The van der Waals surface area contributed by atoms with E-state index in [2.05, 4.69) is 5.32 Å². The van der Waals surface area contributed by atoms with Gasteiger partial charge in [0.25, 0.3) is 5.91 Å². The van der Waals surface area contributed by atoms with Crippen LogP contribution >= 0.6 is 0 Å². The van der Waals surface area contributed by atoms with Crippen molar-refractivity contribution >= 4 is 11.9 Å². The largest absolute Gasteiger partial charge is 0.481 e. The van der Waals surface area contributed by atoms with Crippen molar-refractivity contribution < 1.29 is 23.8 Å². The van der Waals surface area contributed by atoms with Crippen molar-refractivity contribution in [1.82, 2.24) is 5.32 Å². The van der Waals surface area contributed by atoms with Gasteiger partial charge in [-0.25, -0.2) is 4.39 Å². The van der Waals surface area contributed by atoms with E-state index in [1.807, 2.05) is 0 Å². The van der Waals surface area contributed by atoms with Crippen LogP contribution in [0.25, 0.3) is 0 Å². The predicted molar refractivity (Wildman–Crippen MR) is 75.6 cm³/mol. The van der Waals surface area contributed by atoms with Gasteiger partial charge in [-0.2, -0.15) is 0 Å². The number of ether oxygens (including phenoxy) is 1. The van der Waals surface area contributed by atoms with Crippen molar-refractivity contribution in [3.63, 3.8) is 0 Å². The van der Waals surface area contributed by atoms with Crippen molar-refractivity contribution in [1.29, 1.82) is 0 Å². The van der Waals surface area contributed by atoms with E-state index in [0.717, 1.165) is 0 Å². The molecule has 0 aliphatic rings. The van der Waals surface area contributed by atoms with E-state index in [1.54, 1.807) is 20.8 Å². The molecular formula is C15H20FNO4. The molecule has 0 saturated heterocycles. The van der Waals surface area contributed by atoms with Crippen LogP contribution in [0, 0.1) is 5.82 Å². The number of carbonyl (C=O) groups excluding carboxylic acids is 1. The van der Waals surface area contributed by atoms with Gasteiger partial charge in [0.15, 0.2) is 5.60 Å². The molecule has 0 saturated carbocycles. The van der Waals surface area contributed by atoms with Gasteiger partial charge >= 0.3 is 5.97 Å². The highest BCUT2D eigenvalue weighted by atomic mass is 19.1. The fourth-order valence-corrected chi connectivity index (χ4v) is 1.71. The molecule has 1 unspecified atom stereocenters. The van der Waals surface area contributed by atoms with Gasteiger partial charge in [-0.05, 0) is 44.5 Å². The number of halogens is 1. The first kappa shape index (κ1) is 16.9. The molecule has 6 heteroatoms. The quantitative estimate of drug-likeness (QED) is 0.810. The fourth-order valence-electron chi connectivity index (χ4n) is 1.71. The Morgan fingerprint density at radius 2 is 1.90 bits per heavy atom. The van der Waals surface area contributed by atoms with Gasteiger partial charge in [-0.15, -0.1) is 0 Å². The zero-order chi connectivity index (χ0) is 16.0. The molecule has 0 aliphatic heterocycles. The molecule has 1 aromatic carbocycles. The summed E-state index contributed by atoms with van der Waals surface area (Å²) in [6.07, 6.45) is 0.361. The standard InChI is InChI=1S/C15H20FNO4/c1-4-11(9-13(18)19)17-14(20)15(2,3)21-12-7-5-10(16)6-8-12/h5-8,11H,4,9H2,1-3H3,(H,17,20)(H,18,19). The molecule has 0 aromatic heterocycles. The fraction of sp³-hybridized carbons (Fsp3) is 0.467. The SMILES string of the molecule is CCC(CC(=O)O)NC(=O)C(C)(C)Oc1ccc(F)cc1. The minimum Gasteiger partial charge on any atom is -0.481 e. The summed E-state index contributed by atoms with van der Waals surface area (Å²) in [6.45, 7) is 4.93. The Morgan fingerprint density at radius 3 is 2.38 bits per heavy atom. The Labute approximate surface area is 123 Å².